The van der Waals surface area contributed by atoms with E-state index in [0.29, 0.717) is 35.4 Å². The molecule has 0 saturated carbocycles. The highest BCUT2D eigenvalue weighted by Crippen LogP contribution is 2.35. The summed E-state index contributed by atoms with van der Waals surface area (Å²) in [5.41, 5.74) is 1.82. The molecule has 1 saturated heterocycles. The minimum atomic E-state index is -0.103. The molecule has 1 atom stereocenters. The van der Waals surface area contributed by atoms with Gasteiger partial charge in [0.05, 0.1) is 6.04 Å². The number of nitrogens with one attached hydrogen (secondary N) is 1. The molecule has 5 nitrogen and oxygen atoms in total. The highest BCUT2D eigenvalue weighted by molar-refractivity contribution is 6.30. The molecule has 130 valence electrons. The Morgan fingerprint density at radius 2 is 1.84 bits per heavy atom. The molecule has 0 bridgehead atoms. The summed E-state index contributed by atoms with van der Waals surface area (Å²) in [5.74, 6) is 1.38. The number of amides is 2. The maximum absolute atomic E-state index is 12.8. The minimum Gasteiger partial charge on any atom is -0.486 e. The second kappa shape index (κ2) is 6.84. The van der Waals surface area contributed by atoms with Crippen LogP contribution in [0.3, 0.4) is 0 Å². The van der Waals surface area contributed by atoms with Crippen molar-refractivity contribution in [3.8, 4) is 11.5 Å². The first kappa shape index (κ1) is 16.1. The van der Waals surface area contributed by atoms with E-state index in [-0.39, 0.29) is 12.1 Å². The number of fused-ring (bicyclic) bond motifs is 1. The summed E-state index contributed by atoms with van der Waals surface area (Å²) in [7, 11) is 0. The number of benzene rings is 2. The molecule has 0 aromatic heterocycles. The molecule has 6 heteroatoms. The van der Waals surface area contributed by atoms with Crippen LogP contribution in [0.4, 0.5) is 10.5 Å². The largest absolute Gasteiger partial charge is 0.486 e. The number of halogens is 1. The molecule has 1 N–H and O–H groups in total. The van der Waals surface area contributed by atoms with Crippen LogP contribution in [0.2, 0.25) is 5.02 Å². The summed E-state index contributed by atoms with van der Waals surface area (Å²) in [5, 5.41) is 3.67. The summed E-state index contributed by atoms with van der Waals surface area (Å²) in [4.78, 5) is 14.6. The van der Waals surface area contributed by atoms with Crippen molar-refractivity contribution < 1.29 is 14.3 Å². The van der Waals surface area contributed by atoms with Gasteiger partial charge in [0.25, 0.3) is 0 Å². The topological polar surface area (TPSA) is 50.8 Å². The maximum Gasteiger partial charge on any atom is 0.322 e. The smallest absolute Gasteiger partial charge is 0.322 e. The van der Waals surface area contributed by atoms with Crippen LogP contribution in [0.1, 0.15) is 24.4 Å². The molecular weight excluding hydrogens is 340 g/mol. The van der Waals surface area contributed by atoms with E-state index in [4.69, 9.17) is 21.1 Å². The Bertz CT molecular complexity index is 779. The van der Waals surface area contributed by atoms with E-state index in [0.717, 1.165) is 24.9 Å². The van der Waals surface area contributed by atoms with Gasteiger partial charge < -0.3 is 19.7 Å². The Hall–Kier alpha value is -2.40. The van der Waals surface area contributed by atoms with Crippen molar-refractivity contribution in [1.29, 1.82) is 0 Å². The van der Waals surface area contributed by atoms with E-state index in [2.05, 4.69) is 5.32 Å². The van der Waals surface area contributed by atoms with Gasteiger partial charge in [0.15, 0.2) is 11.5 Å². The third-order valence-corrected chi connectivity index (χ3v) is 4.81. The third-order valence-electron chi connectivity index (χ3n) is 4.56. The summed E-state index contributed by atoms with van der Waals surface area (Å²) in [6, 6.07) is 13.1. The van der Waals surface area contributed by atoms with Crippen LogP contribution >= 0.6 is 11.6 Å². The number of urea groups is 1. The van der Waals surface area contributed by atoms with E-state index in [1.807, 2.05) is 41.3 Å². The molecule has 0 radical (unpaired) electrons. The van der Waals surface area contributed by atoms with Crippen LogP contribution in [0.5, 0.6) is 11.5 Å². The zero-order valence-electron chi connectivity index (χ0n) is 13.7. The van der Waals surface area contributed by atoms with Gasteiger partial charge in [-0.2, -0.15) is 0 Å². The van der Waals surface area contributed by atoms with E-state index < -0.39 is 0 Å². The van der Waals surface area contributed by atoms with Gasteiger partial charge in [0, 0.05) is 23.3 Å². The fourth-order valence-corrected chi connectivity index (χ4v) is 3.48. The van der Waals surface area contributed by atoms with Crippen LogP contribution in [0, 0.1) is 0 Å². The number of rotatable bonds is 2. The number of carbonyl (C=O) groups excluding carboxylic acids is 1. The maximum atomic E-state index is 12.8. The molecule has 2 aromatic rings. The third kappa shape index (κ3) is 3.37. The molecule has 4 rings (SSSR count). The van der Waals surface area contributed by atoms with Crippen molar-refractivity contribution >= 4 is 23.3 Å². The van der Waals surface area contributed by atoms with Crippen molar-refractivity contribution in [2.45, 2.75) is 18.9 Å². The Kier molecular flexibility index (Phi) is 4.40. The van der Waals surface area contributed by atoms with Crippen molar-refractivity contribution in [2.75, 3.05) is 25.1 Å². The van der Waals surface area contributed by atoms with Gasteiger partial charge >= 0.3 is 6.03 Å². The molecule has 0 unspecified atom stereocenters. The fraction of sp³-hybridized carbons (Fsp3) is 0.316. The van der Waals surface area contributed by atoms with E-state index in [1.165, 1.54) is 0 Å². The van der Waals surface area contributed by atoms with Gasteiger partial charge in [-0.1, -0.05) is 23.7 Å². The number of anilines is 1. The Morgan fingerprint density at radius 3 is 2.64 bits per heavy atom. The highest BCUT2D eigenvalue weighted by Gasteiger charge is 2.30. The van der Waals surface area contributed by atoms with E-state index in [1.54, 1.807) is 6.07 Å². The van der Waals surface area contributed by atoms with Gasteiger partial charge in [0.1, 0.15) is 13.2 Å². The van der Waals surface area contributed by atoms with Crippen LogP contribution in [0.25, 0.3) is 0 Å². The molecule has 0 spiro atoms. The number of ether oxygens (including phenoxy) is 2. The van der Waals surface area contributed by atoms with Crippen molar-refractivity contribution in [2.24, 2.45) is 0 Å². The molecule has 2 aliphatic rings. The van der Waals surface area contributed by atoms with E-state index >= 15 is 0 Å². The molecule has 1 fully saturated rings. The number of hydrogen-bond acceptors (Lipinski definition) is 3. The molecule has 25 heavy (non-hydrogen) atoms. The summed E-state index contributed by atoms with van der Waals surface area (Å²) in [6.07, 6.45) is 1.94. The summed E-state index contributed by atoms with van der Waals surface area (Å²) < 4.78 is 11.1. The van der Waals surface area contributed by atoms with Gasteiger partial charge in [-0.05, 0) is 42.7 Å². The highest BCUT2D eigenvalue weighted by atomic mass is 35.5. The second-order valence-electron chi connectivity index (χ2n) is 6.19. The summed E-state index contributed by atoms with van der Waals surface area (Å²) in [6.45, 7) is 1.81. The zero-order valence-corrected chi connectivity index (χ0v) is 14.5. The SMILES string of the molecule is O=C(Nc1ccc2c(c1)OCCO2)N1CCC[C@H]1c1ccc(Cl)cc1. The quantitative estimate of drug-likeness (QED) is 0.861. The molecule has 2 amide bonds. The monoisotopic (exact) mass is 358 g/mol. The normalized spacial score (nSPS) is 18.9. The lowest BCUT2D eigenvalue weighted by molar-refractivity contribution is 0.171. The first-order chi connectivity index (χ1) is 12.2. The van der Waals surface area contributed by atoms with Crippen molar-refractivity contribution in [3.05, 3.63) is 53.1 Å². The van der Waals surface area contributed by atoms with Crippen LogP contribution in [-0.2, 0) is 0 Å². The Morgan fingerprint density at radius 1 is 1.08 bits per heavy atom. The number of likely N-dealkylation sites (tertiary alicyclic amines) is 1. The molecular formula is C19H19ClN2O3. The Balaban J connectivity index is 1.49. The van der Waals surface area contributed by atoms with Crippen LogP contribution in [-0.4, -0.2) is 30.7 Å². The number of carbonyl (C=O) groups is 1. The standard InChI is InChI=1S/C19H19ClN2O3/c20-14-5-3-13(4-6-14)16-2-1-9-22(16)19(23)21-15-7-8-17-18(12-15)25-11-10-24-17/h3-8,12,16H,1-2,9-11H2,(H,21,23)/t16-/m0/s1. The Labute approximate surface area is 151 Å². The van der Waals surface area contributed by atoms with Crippen molar-refractivity contribution in [1.82, 2.24) is 4.90 Å². The van der Waals surface area contributed by atoms with Crippen LogP contribution < -0.4 is 14.8 Å². The first-order valence-corrected chi connectivity index (χ1v) is 8.81. The van der Waals surface area contributed by atoms with E-state index in [9.17, 15) is 4.79 Å². The lowest BCUT2D eigenvalue weighted by atomic mass is 10.1. The minimum absolute atomic E-state index is 0.0782. The predicted octanol–water partition coefficient (Wildman–Crippen LogP) is 4.48. The van der Waals surface area contributed by atoms with Gasteiger partial charge in [-0.15, -0.1) is 0 Å². The second-order valence-corrected chi connectivity index (χ2v) is 6.63. The average molecular weight is 359 g/mol. The lowest BCUT2D eigenvalue weighted by Crippen LogP contribution is -2.34. The van der Waals surface area contributed by atoms with Gasteiger partial charge in [0.2, 0.25) is 0 Å². The van der Waals surface area contributed by atoms with Crippen molar-refractivity contribution in [3.63, 3.8) is 0 Å². The molecule has 2 aliphatic heterocycles. The zero-order chi connectivity index (χ0) is 17.2. The lowest BCUT2D eigenvalue weighted by Gasteiger charge is -2.26. The molecule has 2 aromatic carbocycles. The van der Waals surface area contributed by atoms with Crippen LogP contribution in [0.15, 0.2) is 42.5 Å². The predicted molar refractivity (Wildman–Crippen MR) is 96.6 cm³/mol. The summed E-state index contributed by atoms with van der Waals surface area (Å²) >= 11 is 5.97. The average Bonchev–Trinajstić information content (AvgIpc) is 3.12. The number of hydrogen-bond donors (Lipinski definition) is 1. The first-order valence-electron chi connectivity index (χ1n) is 8.43. The van der Waals surface area contributed by atoms with Gasteiger partial charge in [-0.3, -0.25) is 0 Å². The van der Waals surface area contributed by atoms with Gasteiger partial charge in [-0.25, -0.2) is 4.79 Å². The molecule has 2 heterocycles. The molecule has 0 aliphatic carbocycles. The number of nitrogens with zero attached hydrogens (tertiary/aromatic N) is 1. The fourth-order valence-electron chi connectivity index (χ4n) is 3.36.